The van der Waals surface area contributed by atoms with E-state index in [-0.39, 0.29) is 12.5 Å². The Labute approximate surface area is 126 Å². The number of carboxylic acids is 1. The third-order valence-electron chi connectivity index (χ3n) is 3.56. The van der Waals surface area contributed by atoms with Crippen molar-refractivity contribution in [3.63, 3.8) is 0 Å². The molecule has 0 aliphatic carbocycles. The Bertz CT molecular complexity index is 363. The Morgan fingerprint density at radius 3 is 2.24 bits per heavy atom. The van der Waals surface area contributed by atoms with Crippen molar-refractivity contribution in [2.45, 2.75) is 25.8 Å². The summed E-state index contributed by atoms with van der Waals surface area (Å²) in [5.41, 5.74) is -0.731. The molecule has 0 radical (unpaired) electrons. The van der Waals surface area contributed by atoms with Gasteiger partial charge in [0.2, 0.25) is 0 Å². The second kappa shape index (κ2) is 7.61. The number of carbonyl (C=O) groups excluding carboxylic acids is 1. The number of carbonyl (C=O) groups is 2. The molecule has 1 rings (SSSR count). The molecule has 1 fully saturated rings. The molecule has 0 aromatic carbocycles. The van der Waals surface area contributed by atoms with Gasteiger partial charge in [0, 0.05) is 44.8 Å². The molecule has 1 heterocycles. The SMILES string of the molecule is CN(C)CCN1CCN(C(=O)NC(C)(C)CC(=O)O)CC1. The maximum atomic E-state index is 12.2. The molecule has 0 aromatic heterocycles. The Kier molecular flexibility index (Phi) is 6.42. The van der Waals surface area contributed by atoms with Crippen LogP contribution in [0.15, 0.2) is 0 Å². The van der Waals surface area contributed by atoms with Crippen LogP contribution >= 0.6 is 0 Å². The summed E-state index contributed by atoms with van der Waals surface area (Å²) in [5.74, 6) is -0.909. The van der Waals surface area contributed by atoms with E-state index in [1.165, 1.54) is 0 Å². The Morgan fingerprint density at radius 2 is 1.76 bits per heavy atom. The summed E-state index contributed by atoms with van der Waals surface area (Å²) in [6.07, 6.45) is -0.0818. The number of urea groups is 1. The van der Waals surface area contributed by atoms with Crippen LogP contribution in [0.5, 0.6) is 0 Å². The molecule has 0 unspecified atom stereocenters. The summed E-state index contributed by atoms with van der Waals surface area (Å²) >= 11 is 0. The molecule has 0 aromatic rings. The zero-order valence-corrected chi connectivity index (χ0v) is 13.6. The van der Waals surface area contributed by atoms with Gasteiger partial charge in [0.05, 0.1) is 6.42 Å². The van der Waals surface area contributed by atoms with Gasteiger partial charge in [0.15, 0.2) is 0 Å². The molecular weight excluding hydrogens is 272 g/mol. The molecule has 2 N–H and O–H groups in total. The molecule has 2 amide bonds. The van der Waals surface area contributed by atoms with Crippen LogP contribution in [0.4, 0.5) is 4.79 Å². The van der Waals surface area contributed by atoms with Crippen molar-refractivity contribution in [3.8, 4) is 0 Å². The van der Waals surface area contributed by atoms with Gasteiger partial charge < -0.3 is 20.2 Å². The van der Waals surface area contributed by atoms with Crippen LogP contribution in [0.1, 0.15) is 20.3 Å². The van der Waals surface area contributed by atoms with E-state index >= 15 is 0 Å². The minimum absolute atomic E-state index is 0.0818. The van der Waals surface area contributed by atoms with Crippen molar-refractivity contribution < 1.29 is 14.7 Å². The van der Waals surface area contributed by atoms with Crippen LogP contribution in [0, 0.1) is 0 Å². The van der Waals surface area contributed by atoms with Crippen molar-refractivity contribution in [1.82, 2.24) is 20.0 Å². The van der Waals surface area contributed by atoms with E-state index in [2.05, 4.69) is 15.1 Å². The van der Waals surface area contributed by atoms with Gasteiger partial charge in [0.25, 0.3) is 0 Å². The van der Waals surface area contributed by atoms with Crippen LogP contribution < -0.4 is 5.32 Å². The van der Waals surface area contributed by atoms with Crippen LogP contribution in [0.3, 0.4) is 0 Å². The van der Waals surface area contributed by atoms with E-state index < -0.39 is 11.5 Å². The summed E-state index contributed by atoms with van der Waals surface area (Å²) in [6.45, 7) is 8.57. The molecule has 0 saturated carbocycles. The smallest absolute Gasteiger partial charge is 0.317 e. The first-order chi connectivity index (χ1) is 9.69. The Hall–Kier alpha value is -1.34. The van der Waals surface area contributed by atoms with E-state index in [0.29, 0.717) is 13.1 Å². The summed E-state index contributed by atoms with van der Waals surface area (Å²) in [6, 6.07) is -0.173. The number of amides is 2. The fraction of sp³-hybridized carbons (Fsp3) is 0.857. The normalized spacial score (nSPS) is 17.1. The van der Waals surface area contributed by atoms with Crippen molar-refractivity contribution in [3.05, 3.63) is 0 Å². The fourth-order valence-corrected chi connectivity index (χ4v) is 2.31. The first kappa shape index (κ1) is 17.7. The van der Waals surface area contributed by atoms with Crippen molar-refractivity contribution >= 4 is 12.0 Å². The molecule has 122 valence electrons. The fourth-order valence-electron chi connectivity index (χ4n) is 2.31. The summed E-state index contributed by atoms with van der Waals surface area (Å²) in [5, 5.41) is 11.6. The minimum atomic E-state index is -0.909. The Balaban J connectivity index is 2.36. The molecule has 7 heteroatoms. The topological polar surface area (TPSA) is 76.1 Å². The molecule has 0 atom stereocenters. The van der Waals surface area contributed by atoms with E-state index in [9.17, 15) is 9.59 Å². The number of piperazine rings is 1. The van der Waals surface area contributed by atoms with Crippen molar-refractivity contribution in [1.29, 1.82) is 0 Å². The lowest BCUT2D eigenvalue weighted by Crippen LogP contribution is -2.56. The van der Waals surface area contributed by atoms with Crippen molar-refractivity contribution in [2.75, 3.05) is 53.4 Å². The number of likely N-dealkylation sites (N-methyl/N-ethyl adjacent to an activating group) is 1. The molecule has 1 aliphatic rings. The van der Waals surface area contributed by atoms with Gasteiger partial charge in [-0.3, -0.25) is 9.69 Å². The average molecular weight is 300 g/mol. The summed E-state index contributed by atoms with van der Waals surface area (Å²) < 4.78 is 0. The number of carboxylic acid groups (broad SMARTS) is 1. The van der Waals surface area contributed by atoms with Gasteiger partial charge in [-0.2, -0.15) is 0 Å². The predicted molar refractivity (Wildman–Crippen MR) is 81.4 cm³/mol. The van der Waals surface area contributed by atoms with E-state index in [1.807, 2.05) is 14.1 Å². The number of aliphatic carboxylic acids is 1. The second-order valence-corrected chi connectivity index (χ2v) is 6.52. The first-order valence-electron chi connectivity index (χ1n) is 7.35. The molecule has 1 aliphatic heterocycles. The highest BCUT2D eigenvalue weighted by molar-refractivity contribution is 5.76. The summed E-state index contributed by atoms with van der Waals surface area (Å²) in [4.78, 5) is 29.2. The number of nitrogens with one attached hydrogen (secondary N) is 1. The van der Waals surface area contributed by atoms with E-state index in [1.54, 1.807) is 18.7 Å². The molecule has 7 nitrogen and oxygen atoms in total. The number of nitrogens with zero attached hydrogens (tertiary/aromatic N) is 3. The lowest BCUT2D eigenvalue weighted by Gasteiger charge is -2.37. The Morgan fingerprint density at radius 1 is 1.19 bits per heavy atom. The summed E-state index contributed by atoms with van der Waals surface area (Å²) in [7, 11) is 4.10. The maximum Gasteiger partial charge on any atom is 0.317 e. The monoisotopic (exact) mass is 300 g/mol. The van der Waals surface area contributed by atoms with Crippen LogP contribution in [-0.2, 0) is 4.79 Å². The third kappa shape index (κ3) is 6.77. The molecule has 0 bridgehead atoms. The third-order valence-corrected chi connectivity index (χ3v) is 3.56. The minimum Gasteiger partial charge on any atom is -0.481 e. The van der Waals surface area contributed by atoms with Gasteiger partial charge in [-0.15, -0.1) is 0 Å². The van der Waals surface area contributed by atoms with Crippen molar-refractivity contribution in [2.24, 2.45) is 0 Å². The number of hydrogen-bond donors (Lipinski definition) is 2. The number of rotatable bonds is 6. The first-order valence-corrected chi connectivity index (χ1v) is 7.35. The lowest BCUT2D eigenvalue weighted by molar-refractivity contribution is -0.138. The van der Waals surface area contributed by atoms with Crippen LogP contribution in [0.25, 0.3) is 0 Å². The molecule has 0 spiro atoms. The average Bonchev–Trinajstić information content (AvgIpc) is 2.34. The standard InChI is InChI=1S/C14H28N4O3/c1-14(2,11-12(19)20)15-13(21)18-9-7-17(8-10-18)6-5-16(3)4/h5-11H2,1-4H3,(H,15,21)(H,19,20). The zero-order valence-electron chi connectivity index (χ0n) is 13.6. The molecule has 1 saturated heterocycles. The lowest BCUT2D eigenvalue weighted by atomic mass is 10.0. The highest BCUT2D eigenvalue weighted by Gasteiger charge is 2.28. The molecular formula is C14H28N4O3. The van der Waals surface area contributed by atoms with E-state index in [4.69, 9.17) is 5.11 Å². The van der Waals surface area contributed by atoms with Gasteiger partial charge in [-0.25, -0.2) is 4.79 Å². The zero-order chi connectivity index (χ0) is 16.0. The van der Waals surface area contributed by atoms with Gasteiger partial charge in [0.1, 0.15) is 0 Å². The van der Waals surface area contributed by atoms with Gasteiger partial charge >= 0.3 is 12.0 Å². The highest BCUT2D eigenvalue weighted by atomic mass is 16.4. The van der Waals surface area contributed by atoms with E-state index in [0.717, 1.165) is 26.2 Å². The van der Waals surface area contributed by atoms with Crippen LogP contribution in [0.2, 0.25) is 0 Å². The van der Waals surface area contributed by atoms with Crippen LogP contribution in [-0.4, -0.2) is 90.7 Å². The predicted octanol–water partition coefficient (Wildman–Crippen LogP) is 0.129. The maximum absolute atomic E-state index is 12.2. The van der Waals surface area contributed by atoms with Gasteiger partial charge in [-0.1, -0.05) is 0 Å². The largest absolute Gasteiger partial charge is 0.481 e. The molecule has 21 heavy (non-hydrogen) atoms. The quantitative estimate of drug-likeness (QED) is 0.729. The highest BCUT2D eigenvalue weighted by Crippen LogP contribution is 2.10. The van der Waals surface area contributed by atoms with Gasteiger partial charge in [-0.05, 0) is 27.9 Å². The number of hydrogen-bond acceptors (Lipinski definition) is 4. The second-order valence-electron chi connectivity index (χ2n) is 6.52.